The number of aryl methyl sites for hydroxylation is 1. The van der Waals surface area contributed by atoms with E-state index >= 15 is 0 Å². The second kappa shape index (κ2) is 4.08. The van der Waals surface area contributed by atoms with Crippen molar-refractivity contribution in [1.29, 1.82) is 0 Å². The number of rotatable bonds is 3. The highest BCUT2D eigenvalue weighted by atomic mass is 16.6. The molecule has 0 heterocycles. The Hall–Kier alpha value is -1.91. The summed E-state index contributed by atoms with van der Waals surface area (Å²) in [5.41, 5.74) is 0.173. The molecule has 0 unspecified atom stereocenters. The van der Waals surface area contributed by atoms with Crippen molar-refractivity contribution in [2.75, 3.05) is 0 Å². The summed E-state index contributed by atoms with van der Waals surface area (Å²) in [6.07, 6.45) is 0.279. The number of aromatic hydroxyl groups is 1. The van der Waals surface area contributed by atoms with E-state index in [1.807, 2.05) is 0 Å². The van der Waals surface area contributed by atoms with Crippen molar-refractivity contribution in [1.82, 2.24) is 0 Å². The number of hydrogen-bond acceptors (Lipinski definition) is 4. The summed E-state index contributed by atoms with van der Waals surface area (Å²) in [5.74, 6) is -0.561. The Morgan fingerprint density at radius 3 is 2.60 bits per heavy atom. The number of hydrogen-bond donors (Lipinski definition) is 1. The zero-order valence-corrected chi connectivity index (χ0v) is 8.48. The number of nitro benzene ring substituents is 1. The number of nitro groups is 1. The zero-order chi connectivity index (χ0) is 11.6. The first-order valence-corrected chi connectivity index (χ1v) is 4.48. The predicted octanol–water partition coefficient (Wildman–Crippen LogP) is 2.20. The van der Waals surface area contributed by atoms with Crippen LogP contribution < -0.4 is 0 Å². The molecule has 0 aromatic heterocycles. The number of benzene rings is 1. The molecular formula is C10H11NO4. The van der Waals surface area contributed by atoms with Crippen molar-refractivity contribution in [3.8, 4) is 5.75 Å². The molecule has 5 nitrogen and oxygen atoms in total. The molecular weight excluding hydrogens is 198 g/mol. The lowest BCUT2D eigenvalue weighted by molar-refractivity contribution is -0.385. The number of carbonyl (C=O) groups excluding carboxylic acids is 1. The summed E-state index contributed by atoms with van der Waals surface area (Å²) in [6.45, 7) is 3.20. The average molecular weight is 209 g/mol. The minimum absolute atomic E-state index is 0.179. The van der Waals surface area contributed by atoms with Crippen LogP contribution >= 0.6 is 0 Å². The molecule has 5 heteroatoms. The summed E-state index contributed by atoms with van der Waals surface area (Å²) in [5, 5.41) is 20.0. The predicted molar refractivity (Wildman–Crippen MR) is 54.1 cm³/mol. The highest BCUT2D eigenvalue weighted by Crippen LogP contribution is 2.30. The van der Waals surface area contributed by atoms with E-state index < -0.39 is 10.6 Å². The van der Waals surface area contributed by atoms with Crippen molar-refractivity contribution in [3.63, 3.8) is 0 Å². The van der Waals surface area contributed by atoms with Gasteiger partial charge in [-0.05, 0) is 18.6 Å². The molecule has 0 saturated carbocycles. The number of carbonyl (C=O) groups is 1. The molecule has 0 aliphatic carbocycles. The normalized spacial score (nSPS) is 10.0. The first kappa shape index (κ1) is 11.2. The molecule has 0 fully saturated rings. The first-order valence-electron chi connectivity index (χ1n) is 4.48. The average Bonchev–Trinajstić information content (AvgIpc) is 2.20. The minimum Gasteiger partial charge on any atom is -0.502 e. The van der Waals surface area contributed by atoms with Crippen LogP contribution in [0.2, 0.25) is 0 Å². The van der Waals surface area contributed by atoms with Gasteiger partial charge in [0.25, 0.3) is 0 Å². The number of ketones is 1. The topological polar surface area (TPSA) is 80.4 Å². The third kappa shape index (κ3) is 2.12. The Bertz CT molecular complexity index is 426. The van der Waals surface area contributed by atoms with Crippen molar-refractivity contribution < 1.29 is 14.8 Å². The zero-order valence-electron chi connectivity index (χ0n) is 8.48. The molecule has 1 aromatic rings. The highest BCUT2D eigenvalue weighted by Gasteiger charge is 2.18. The SMILES string of the molecule is CCC(=O)c1cc(C)c(O)c([N+](=O)[O-])c1. The molecule has 1 rings (SSSR count). The Kier molecular flexibility index (Phi) is 3.04. The number of phenolic OH excluding ortho intramolecular Hbond substituents is 1. The summed E-state index contributed by atoms with van der Waals surface area (Å²) in [6, 6.07) is 2.56. The van der Waals surface area contributed by atoms with E-state index in [-0.39, 0.29) is 23.5 Å². The number of phenols is 1. The third-order valence-electron chi connectivity index (χ3n) is 2.12. The van der Waals surface area contributed by atoms with Gasteiger partial charge in [-0.2, -0.15) is 0 Å². The van der Waals surface area contributed by atoms with Gasteiger partial charge in [-0.15, -0.1) is 0 Å². The molecule has 80 valence electrons. The van der Waals surface area contributed by atoms with Gasteiger partial charge in [0.05, 0.1) is 4.92 Å². The Morgan fingerprint density at radius 2 is 2.13 bits per heavy atom. The summed E-state index contributed by atoms with van der Waals surface area (Å²) < 4.78 is 0. The fourth-order valence-corrected chi connectivity index (χ4v) is 1.27. The molecule has 0 radical (unpaired) electrons. The van der Waals surface area contributed by atoms with Gasteiger partial charge in [0.15, 0.2) is 11.5 Å². The monoisotopic (exact) mass is 209 g/mol. The van der Waals surface area contributed by atoms with E-state index in [2.05, 4.69) is 0 Å². The Labute approximate surface area is 86.5 Å². The minimum atomic E-state index is -0.700. The van der Waals surface area contributed by atoms with Crippen molar-refractivity contribution >= 4 is 11.5 Å². The maximum atomic E-state index is 11.3. The second-order valence-electron chi connectivity index (χ2n) is 3.19. The van der Waals surface area contributed by atoms with Gasteiger partial charge in [0.1, 0.15) is 0 Å². The van der Waals surface area contributed by atoms with Gasteiger partial charge in [-0.1, -0.05) is 6.92 Å². The maximum absolute atomic E-state index is 11.3. The van der Waals surface area contributed by atoms with Crippen LogP contribution in [0.15, 0.2) is 12.1 Å². The van der Waals surface area contributed by atoms with E-state index in [0.29, 0.717) is 5.56 Å². The number of Topliss-reactive ketones (excluding diaryl/α,β-unsaturated/α-hetero) is 1. The van der Waals surface area contributed by atoms with Gasteiger partial charge in [-0.25, -0.2) is 0 Å². The van der Waals surface area contributed by atoms with Gasteiger partial charge >= 0.3 is 5.69 Å². The highest BCUT2D eigenvalue weighted by molar-refractivity contribution is 5.97. The molecule has 0 saturated heterocycles. The van der Waals surface area contributed by atoms with Crippen LogP contribution in [0.5, 0.6) is 5.75 Å². The molecule has 0 spiro atoms. The lowest BCUT2D eigenvalue weighted by atomic mass is 10.0. The van der Waals surface area contributed by atoms with E-state index in [1.54, 1.807) is 6.92 Å². The molecule has 0 amide bonds. The van der Waals surface area contributed by atoms with Crippen LogP contribution in [0.4, 0.5) is 5.69 Å². The molecule has 0 atom stereocenters. The number of nitrogens with zero attached hydrogens (tertiary/aromatic N) is 1. The molecule has 1 aromatic carbocycles. The molecule has 0 bridgehead atoms. The lowest BCUT2D eigenvalue weighted by Gasteiger charge is -2.03. The smallest absolute Gasteiger partial charge is 0.311 e. The quantitative estimate of drug-likeness (QED) is 0.470. The van der Waals surface area contributed by atoms with E-state index in [4.69, 9.17) is 0 Å². The maximum Gasteiger partial charge on any atom is 0.311 e. The fraction of sp³-hybridized carbons (Fsp3) is 0.300. The van der Waals surface area contributed by atoms with Crippen LogP contribution in [0.1, 0.15) is 29.3 Å². The third-order valence-corrected chi connectivity index (χ3v) is 2.12. The summed E-state index contributed by atoms with van der Waals surface area (Å²) in [7, 11) is 0. The lowest BCUT2D eigenvalue weighted by Crippen LogP contribution is -2.00. The van der Waals surface area contributed by atoms with Crippen LogP contribution in [-0.2, 0) is 0 Å². The van der Waals surface area contributed by atoms with E-state index in [1.165, 1.54) is 13.0 Å². The van der Waals surface area contributed by atoms with Crippen LogP contribution in [0.3, 0.4) is 0 Å². The van der Waals surface area contributed by atoms with E-state index in [0.717, 1.165) is 6.07 Å². The van der Waals surface area contributed by atoms with Crippen LogP contribution in [0.25, 0.3) is 0 Å². The van der Waals surface area contributed by atoms with Gasteiger partial charge in [0.2, 0.25) is 0 Å². The Balaban J connectivity index is 3.35. The van der Waals surface area contributed by atoms with Crippen molar-refractivity contribution in [2.24, 2.45) is 0 Å². The summed E-state index contributed by atoms with van der Waals surface area (Å²) >= 11 is 0. The molecule has 1 N–H and O–H groups in total. The first-order chi connectivity index (χ1) is 6.97. The largest absolute Gasteiger partial charge is 0.502 e. The van der Waals surface area contributed by atoms with E-state index in [9.17, 15) is 20.0 Å². The van der Waals surface area contributed by atoms with Crippen LogP contribution in [0, 0.1) is 17.0 Å². The van der Waals surface area contributed by atoms with Crippen molar-refractivity contribution in [3.05, 3.63) is 33.4 Å². The van der Waals surface area contributed by atoms with Gasteiger partial charge < -0.3 is 5.11 Å². The second-order valence-corrected chi connectivity index (χ2v) is 3.19. The summed E-state index contributed by atoms with van der Waals surface area (Å²) in [4.78, 5) is 21.2. The molecule has 0 aliphatic rings. The van der Waals surface area contributed by atoms with Crippen LogP contribution in [-0.4, -0.2) is 15.8 Å². The Morgan fingerprint density at radius 1 is 1.53 bits per heavy atom. The standard InChI is InChI=1S/C10H11NO4/c1-3-9(12)7-4-6(2)10(13)8(5-7)11(14)15/h4-5,13H,3H2,1-2H3. The molecule has 0 aliphatic heterocycles. The molecule has 15 heavy (non-hydrogen) atoms. The van der Waals surface area contributed by atoms with Gasteiger partial charge in [0, 0.05) is 18.1 Å². The fourth-order valence-electron chi connectivity index (χ4n) is 1.27. The van der Waals surface area contributed by atoms with Gasteiger partial charge in [-0.3, -0.25) is 14.9 Å². The van der Waals surface area contributed by atoms with Crippen molar-refractivity contribution in [2.45, 2.75) is 20.3 Å².